The van der Waals surface area contributed by atoms with E-state index in [9.17, 15) is 8.42 Å². The Labute approximate surface area is 198 Å². The Morgan fingerprint density at radius 2 is 1.39 bits per heavy atom. The second kappa shape index (κ2) is 11.5. The average molecular weight is 579 g/mol. The zero-order valence-electron chi connectivity index (χ0n) is 22.0. The Morgan fingerprint density at radius 3 is 1.71 bits per heavy atom. The van der Waals surface area contributed by atoms with Gasteiger partial charge in [-0.25, -0.2) is 0 Å². The van der Waals surface area contributed by atoms with Crippen LogP contribution in [0.4, 0.5) is 0 Å². The molecule has 31 heavy (non-hydrogen) atoms. The van der Waals surface area contributed by atoms with Crippen molar-refractivity contribution in [3.8, 4) is 0 Å². The Morgan fingerprint density at radius 1 is 0.968 bits per heavy atom. The van der Waals surface area contributed by atoms with Crippen molar-refractivity contribution in [2.24, 2.45) is 0 Å². The van der Waals surface area contributed by atoms with Crippen molar-refractivity contribution in [3.63, 3.8) is 0 Å². The number of rotatable bonds is 13. The van der Waals surface area contributed by atoms with E-state index in [2.05, 4.69) is 54.6 Å². The van der Waals surface area contributed by atoms with Gasteiger partial charge in [0.15, 0.2) is 0 Å². The summed E-state index contributed by atoms with van der Waals surface area (Å²) in [6, 6.07) is 0. The molecule has 1 heterocycles. The van der Waals surface area contributed by atoms with E-state index < -0.39 is 36.7 Å². The zero-order chi connectivity index (χ0) is 24.1. The summed E-state index contributed by atoms with van der Waals surface area (Å²) in [7, 11) is -2.49. The van der Waals surface area contributed by atoms with Crippen LogP contribution in [0.25, 0.3) is 0 Å². The van der Waals surface area contributed by atoms with Crippen molar-refractivity contribution >= 4 is 45.8 Å². The molecule has 182 valence electrons. The number of hydrogen-bond acceptors (Lipinski definition) is 3. The normalized spacial score (nSPS) is 13.9. The van der Waals surface area contributed by atoms with Crippen LogP contribution in [0.1, 0.15) is 80.1 Å². The summed E-state index contributed by atoms with van der Waals surface area (Å²) < 4.78 is 34.8. The third-order valence-corrected chi connectivity index (χ3v) is 29.5. The Bertz CT molecular complexity index is 776. The molecular weight excluding hydrogens is 529 g/mol. The Hall–Kier alpha value is 0.136. The van der Waals surface area contributed by atoms with Crippen LogP contribution in [-0.4, -0.2) is 62.2 Å². The van der Waals surface area contributed by atoms with Crippen molar-refractivity contribution in [1.29, 1.82) is 0 Å². The monoisotopic (exact) mass is 579 g/mol. The molecule has 0 unspecified atom stereocenters. The molecular formula is C23H49N3O2SSiSn. The fourth-order valence-corrected chi connectivity index (χ4v) is 23.5. The molecule has 0 atom stereocenters. The number of imidazole rings is 1. The van der Waals surface area contributed by atoms with Gasteiger partial charge in [-0.3, -0.25) is 0 Å². The maximum absolute atomic E-state index is 13.4. The van der Waals surface area contributed by atoms with Crippen LogP contribution >= 0.6 is 0 Å². The predicted octanol–water partition coefficient (Wildman–Crippen LogP) is 5.31. The molecule has 0 radical (unpaired) electrons. The van der Waals surface area contributed by atoms with Crippen LogP contribution in [0.2, 0.25) is 31.4 Å². The topological polar surface area (TPSA) is 55.2 Å². The minimum absolute atomic E-state index is 0.0175. The SMILES string of the molecule is CCC[CH2][Sn]([CH2]CCC)([CH2]CCC)[c]1cn(S(=O)(=O)N(C)C)c([Si](C)(C)C(C)(C)C)n1. The maximum atomic E-state index is 13.4. The molecule has 8 heteroatoms. The molecule has 0 aliphatic heterocycles. The first kappa shape index (κ1) is 29.2. The molecule has 1 aromatic rings. The Balaban J connectivity index is 3.84. The summed E-state index contributed by atoms with van der Waals surface area (Å²) in [5.41, 5.74) is 0.842. The van der Waals surface area contributed by atoms with Crippen LogP contribution in [-0.2, 0) is 10.2 Å². The summed E-state index contributed by atoms with van der Waals surface area (Å²) in [6.07, 6.45) is 9.31. The van der Waals surface area contributed by atoms with E-state index in [1.54, 1.807) is 18.1 Å². The van der Waals surface area contributed by atoms with Crippen molar-refractivity contribution in [2.75, 3.05) is 14.1 Å². The second-order valence-corrected chi connectivity index (χ2v) is 31.3. The van der Waals surface area contributed by atoms with Gasteiger partial charge in [0.25, 0.3) is 0 Å². The molecule has 5 nitrogen and oxygen atoms in total. The van der Waals surface area contributed by atoms with Crippen molar-refractivity contribution < 1.29 is 8.42 Å². The first-order valence-corrected chi connectivity index (χ1v) is 24.1. The number of aromatic nitrogens is 2. The van der Waals surface area contributed by atoms with Gasteiger partial charge in [-0.05, 0) is 0 Å². The van der Waals surface area contributed by atoms with E-state index in [1.165, 1.54) is 59.9 Å². The van der Waals surface area contributed by atoms with E-state index in [0.29, 0.717) is 0 Å². The van der Waals surface area contributed by atoms with E-state index in [0.717, 1.165) is 5.45 Å². The molecule has 0 saturated heterocycles. The molecule has 0 saturated carbocycles. The van der Waals surface area contributed by atoms with E-state index in [1.807, 2.05) is 6.20 Å². The molecule has 0 amide bonds. The molecule has 1 aromatic heterocycles. The molecule has 0 N–H and O–H groups in total. The van der Waals surface area contributed by atoms with Gasteiger partial charge in [-0.2, -0.15) is 0 Å². The molecule has 0 aliphatic rings. The quantitative estimate of drug-likeness (QED) is 0.298. The first-order valence-electron chi connectivity index (χ1n) is 12.2. The predicted molar refractivity (Wildman–Crippen MR) is 142 cm³/mol. The van der Waals surface area contributed by atoms with Gasteiger partial charge in [0.05, 0.1) is 0 Å². The van der Waals surface area contributed by atoms with E-state index >= 15 is 0 Å². The summed E-state index contributed by atoms with van der Waals surface area (Å²) >= 11 is -2.84. The first-order chi connectivity index (χ1) is 14.2. The number of nitrogens with zero attached hydrogens (tertiary/aromatic N) is 3. The summed E-state index contributed by atoms with van der Waals surface area (Å²) in [4.78, 5) is 5.34. The van der Waals surface area contributed by atoms with Crippen LogP contribution in [0, 0.1) is 0 Å². The number of hydrogen-bond donors (Lipinski definition) is 0. The van der Waals surface area contributed by atoms with Gasteiger partial charge in [0.1, 0.15) is 0 Å². The van der Waals surface area contributed by atoms with Crippen LogP contribution < -0.4 is 9.16 Å². The zero-order valence-corrected chi connectivity index (χ0v) is 26.7. The van der Waals surface area contributed by atoms with Gasteiger partial charge in [0.2, 0.25) is 0 Å². The van der Waals surface area contributed by atoms with E-state index in [4.69, 9.17) is 4.98 Å². The van der Waals surface area contributed by atoms with Gasteiger partial charge in [0, 0.05) is 0 Å². The van der Waals surface area contributed by atoms with Crippen LogP contribution in [0.15, 0.2) is 6.20 Å². The molecule has 1 rings (SSSR count). The van der Waals surface area contributed by atoms with Crippen LogP contribution in [0.3, 0.4) is 0 Å². The number of unbranched alkanes of at least 4 members (excludes halogenated alkanes) is 3. The average Bonchev–Trinajstić information content (AvgIpc) is 3.14. The molecule has 0 fully saturated rings. The van der Waals surface area contributed by atoms with E-state index in [-0.39, 0.29) is 5.04 Å². The van der Waals surface area contributed by atoms with Crippen LogP contribution in [0.5, 0.6) is 0 Å². The standard InChI is InChI=1S/C11H22N3O2SSi.3C4H9.Sn/c1-11(2,3)18(6,7)10-12-8-9-14(10)17(15,16)13(4)5;3*1-3-4-2;/h9H,1-7H3;3*1,3-4H2,2H3;. The fraction of sp³-hybridized carbons (Fsp3) is 0.870. The third-order valence-electron chi connectivity index (χ3n) is 7.39. The van der Waals surface area contributed by atoms with Gasteiger partial charge < -0.3 is 0 Å². The van der Waals surface area contributed by atoms with Crippen molar-refractivity contribution in [1.82, 2.24) is 13.3 Å². The fourth-order valence-electron chi connectivity index (χ4n) is 4.03. The van der Waals surface area contributed by atoms with Gasteiger partial charge in [-0.1, -0.05) is 0 Å². The third kappa shape index (κ3) is 6.60. The van der Waals surface area contributed by atoms with Gasteiger partial charge in [-0.15, -0.1) is 0 Å². The molecule has 0 aromatic carbocycles. The summed E-state index contributed by atoms with van der Waals surface area (Å²) in [5.74, 6) is 0. The molecule has 0 spiro atoms. The minimum atomic E-state index is -3.60. The summed E-state index contributed by atoms with van der Waals surface area (Å²) in [5, 5.41) is 0.0175. The second-order valence-electron chi connectivity index (χ2n) is 11.0. The van der Waals surface area contributed by atoms with Gasteiger partial charge >= 0.3 is 199 Å². The van der Waals surface area contributed by atoms with Crippen molar-refractivity contribution in [2.45, 2.75) is 112 Å². The molecule has 0 bridgehead atoms. The molecule has 0 aliphatic carbocycles. The van der Waals surface area contributed by atoms with Crippen molar-refractivity contribution in [3.05, 3.63) is 6.20 Å². The Kier molecular flexibility index (Phi) is 10.8. The summed E-state index contributed by atoms with van der Waals surface area (Å²) in [6.45, 7) is 18.1.